The van der Waals surface area contributed by atoms with Gasteiger partial charge in [0.05, 0.1) is 0 Å². The molecule has 142 heavy (non-hydrogen) atoms. The molecule has 0 N–H and O–H groups in total. The quantitative estimate of drug-likeness (QED) is 0.133. The summed E-state index contributed by atoms with van der Waals surface area (Å²) in [6.07, 6.45) is 0. The maximum atomic E-state index is 2.39. The summed E-state index contributed by atoms with van der Waals surface area (Å²) in [5.41, 5.74) is 28.6. The molecule has 0 atom stereocenters. The smallest absolute Gasteiger partial charge is 0.00140 e. The molecule has 30 aromatic carbocycles. The van der Waals surface area contributed by atoms with Crippen molar-refractivity contribution in [2.24, 2.45) is 0 Å². The molecule has 0 heteroatoms. The largest absolute Gasteiger partial charge is 0.0622 e. The second kappa shape index (κ2) is 34.8. The normalized spacial score (nSPS) is 11.7. The van der Waals surface area contributed by atoms with E-state index in [1.165, 1.54) is 306 Å². The van der Waals surface area contributed by atoms with Gasteiger partial charge >= 0.3 is 0 Å². The summed E-state index contributed by atoms with van der Waals surface area (Å²) >= 11 is 0. The maximum Gasteiger partial charge on any atom is -0.00140 e. The van der Waals surface area contributed by atoms with Crippen LogP contribution in [0.25, 0.3) is 272 Å². The molecule has 0 heterocycles. The minimum atomic E-state index is 1.25. The molecule has 0 radical (unpaired) electrons. The van der Waals surface area contributed by atoms with Crippen molar-refractivity contribution in [2.45, 2.75) is 41.5 Å². The summed E-state index contributed by atoms with van der Waals surface area (Å²) in [7, 11) is 0. The number of hydrogen-bond acceptors (Lipinski definition) is 0. The highest BCUT2D eigenvalue weighted by Gasteiger charge is 2.24. The minimum Gasteiger partial charge on any atom is -0.0622 e. The lowest BCUT2D eigenvalue weighted by Crippen LogP contribution is -1.93. The van der Waals surface area contributed by atoms with Gasteiger partial charge in [0, 0.05) is 0 Å². The highest BCUT2D eigenvalue weighted by molar-refractivity contribution is 6.34. The third-order valence-corrected chi connectivity index (χ3v) is 30.5. The molecule has 0 bridgehead atoms. The summed E-state index contributed by atoms with van der Waals surface area (Å²) in [6, 6.07) is 178. The van der Waals surface area contributed by atoms with Crippen LogP contribution in [0.15, 0.2) is 485 Å². The number of fused-ring (bicyclic) bond motifs is 2. The van der Waals surface area contributed by atoms with Gasteiger partial charge in [0.25, 0.3) is 0 Å². The lowest BCUT2D eigenvalue weighted by molar-refractivity contribution is 1.39. The Morgan fingerprint density at radius 1 is 0.0986 bits per heavy atom. The Morgan fingerprint density at radius 3 is 0.796 bits per heavy atom. The summed E-state index contributed by atoms with van der Waals surface area (Å²) in [4.78, 5) is 0. The van der Waals surface area contributed by atoms with E-state index in [1.807, 2.05) is 0 Å². The van der Waals surface area contributed by atoms with Crippen molar-refractivity contribution >= 4 is 183 Å². The SMILES string of the molecule is Cc1cc(-c2ccccc2)c2ccc3c(-c4ccccc4)cc(-c4ccccc4)c4ccc1c2c43.Cc1cc(C)cc(-c2ccc3ccc4cccc5ccc2c3c45)c1.Cc1ccc2ccc3c(-c4ccc5ccccc5c4)ccc4ccc1c2c43.Cc1ccc2ccc3c(-c4cccc5ccccc45)ccc4ccc1c2c43.Cc1ccc2ccc3c(-c4ccccc4)cc(-c4ccccc4)c4ccc1c2c34. The van der Waals surface area contributed by atoms with Gasteiger partial charge in [0.1, 0.15) is 0 Å². The molecule has 0 amide bonds. The fraction of sp³-hybridized carbons (Fsp3) is 0.0423. The molecule has 0 aliphatic heterocycles. The van der Waals surface area contributed by atoms with Gasteiger partial charge in [-0.1, -0.05) is 478 Å². The fourth-order valence-electron chi connectivity index (χ4n) is 23.8. The van der Waals surface area contributed by atoms with Crippen molar-refractivity contribution in [1.29, 1.82) is 0 Å². The molecule has 0 saturated carbocycles. The van der Waals surface area contributed by atoms with E-state index in [4.69, 9.17) is 0 Å². The second-order valence-corrected chi connectivity index (χ2v) is 39.0. The summed E-state index contributed by atoms with van der Waals surface area (Å²) in [5.74, 6) is 0. The Labute approximate surface area is 826 Å². The number of hydrogen-bond donors (Lipinski definition) is 0. The summed E-state index contributed by atoms with van der Waals surface area (Å²) in [5, 5.41) is 45.6. The average molecular weight is 1800 g/mol. The first-order valence-corrected chi connectivity index (χ1v) is 49.7. The molecule has 0 spiro atoms. The van der Waals surface area contributed by atoms with Gasteiger partial charge in [0.2, 0.25) is 0 Å². The van der Waals surface area contributed by atoms with E-state index in [-0.39, 0.29) is 0 Å². The van der Waals surface area contributed by atoms with Crippen LogP contribution in [0.3, 0.4) is 0 Å². The molecule has 0 saturated heterocycles. The molecule has 0 fully saturated rings. The Kier molecular flexibility index (Phi) is 20.8. The average Bonchev–Trinajstić information content (AvgIpc) is 0.713. The predicted molar refractivity (Wildman–Crippen MR) is 618 cm³/mol. The van der Waals surface area contributed by atoms with Crippen molar-refractivity contribution < 1.29 is 0 Å². The Morgan fingerprint density at radius 2 is 0.352 bits per heavy atom. The molecular formula is C142H98. The van der Waals surface area contributed by atoms with Crippen LogP contribution in [0.5, 0.6) is 0 Å². The minimum absolute atomic E-state index is 1.25. The second-order valence-electron chi connectivity index (χ2n) is 39.0. The van der Waals surface area contributed by atoms with Gasteiger partial charge < -0.3 is 0 Å². The van der Waals surface area contributed by atoms with Crippen molar-refractivity contribution in [3.05, 3.63) is 519 Å². The maximum absolute atomic E-state index is 2.39. The summed E-state index contributed by atoms with van der Waals surface area (Å²) < 4.78 is 0. The molecule has 0 aliphatic rings. The fourth-order valence-corrected chi connectivity index (χ4v) is 23.8. The lowest BCUT2D eigenvalue weighted by Gasteiger charge is -2.20. The van der Waals surface area contributed by atoms with Crippen molar-refractivity contribution in [1.82, 2.24) is 0 Å². The van der Waals surface area contributed by atoms with Gasteiger partial charge in [-0.05, 0) is 354 Å². The highest BCUT2D eigenvalue weighted by atomic mass is 14.3. The highest BCUT2D eigenvalue weighted by Crippen LogP contribution is 2.52. The zero-order chi connectivity index (χ0) is 94.9. The van der Waals surface area contributed by atoms with Crippen LogP contribution in [0.2, 0.25) is 0 Å². The number of rotatable bonds is 8. The monoisotopic (exact) mass is 1800 g/mol. The number of aryl methyl sites for hydroxylation is 6. The summed E-state index contributed by atoms with van der Waals surface area (Å²) in [6.45, 7) is 13.2. The van der Waals surface area contributed by atoms with Gasteiger partial charge in [0.15, 0.2) is 0 Å². The molecule has 30 rings (SSSR count). The van der Waals surface area contributed by atoms with E-state index in [0.29, 0.717) is 0 Å². The van der Waals surface area contributed by atoms with Gasteiger partial charge in [-0.25, -0.2) is 0 Å². The van der Waals surface area contributed by atoms with Gasteiger partial charge in [-0.15, -0.1) is 0 Å². The first-order valence-electron chi connectivity index (χ1n) is 49.7. The zero-order valence-corrected chi connectivity index (χ0v) is 80.2. The van der Waals surface area contributed by atoms with Crippen LogP contribution in [0.1, 0.15) is 33.4 Å². The predicted octanol–water partition coefficient (Wildman–Crippen LogP) is 40.4. The van der Waals surface area contributed by atoms with Crippen LogP contribution in [-0.2, 0) is 0 Å². The van der Waals surface area contributed by atoms with Crippen LogP contribution < -0.4 is 0 Å². The van der Waals surface area contributed by atoms with E-state index in [1.54, 1.807) is 0 Å². The third-order valence-electron chi connectivity index (χ3n) is 30.5. The molecule has 0 aromatic heterocycles. The van der Waals surface area contributed by atoms with E-state index in [0.717, 1.165) is 0 Å². The van der Waals surface area contributed by atoms with Gasteiger partial charge in [-0.2, -0.15) is 0 Å². The topological polar surface area (TPSA) is 0 Å². The first kappa shape index (κ1) is 84.8. The third kappa shape index (κ3) is 14.4. The van der Waals surface area contributed by atoms with Crippen LogP contribution >= 0.6 is 0 Å². The molecule has 0 nitrogen and oxygen atoms in total. The standard InChI is InChI=1S/C35H24.C29H20.2C27H18.C24H18/c1-23-21-31(24-11-5-2-6-12-24)28-19-20-30-33(26-15-9-4-10-16-26)22-32(25-13-7-3-8-14-25)29-18-17-27(23)34(28)35(29)30;1-19-12-13-22-14-15-24-26(20-8-4-2-5-9-20)18-27(21-10-6-3-7-11-21)25-17-16-23(19)28(22)29(24)25;1-17-9-10-19-13-16-25-24(15-12-20-11-14-21(17)26(19)27(20)25)23-8-4-6-18-5-2-3-7-22(18)23;1-17-6-7-19-12-15-25-24(14-11-20-10-13-23(17)26(19)27(20)25)22-9-8-18-4-2-3-5-21(18)16-22;1-15-12-16(2)14-20(13-15)21-10-8-19-7-6-17-4-3-5-18-9-11-22(21)24(19)23(17)18/h2-22H,1H3;2-18H,1H3;2*2-16H,1H3;3-14H,1-2H3. The van der Waals surface area contributed by atoms with E-state index in [9.17, 15) is 0 Å². The van der Waals surface area contributed by atoms with E-state index >= 15 is 0 Å². The molecule has 0 unspecified atom stereocenters. The lowest BCUT2D eigenvalue weighted by atomic mass is 9.83. The Bertz CT molecular complexity index is 9970. The van der Waals surface area contributed by atoms with E-state index in [2.05, 4.69) is 527 Å². The van der Waals surface area contributed by atoms with Crippen molar-refractivity contribution in [3.8, 4) is 89.0 Å². The Hall–Kier alpha value is -17.7. The van der Waals surface area contributed by atoms with E-state index < -0.39 is 0 Å². The number of benzene rings is 30. The molecular weight excluding hydrogens is 1710 g/mol. The van der Waals surface area contributed by atoms with Crippen LogP contribution in [0.4, 0.5) is 0 Å². The Balaban J connectivity index is 0.0000000914. The van der Waals surface area contributed by atoms with Crippen molar-refractivity contribution in [2.75, 3.05) is 0 Å². The molecule has 30 aromatic rings. The van der Waals surface area contributed by atoms with Gasteiger partial charge in [-0.3, -0.25) is 0 Å². The van der Waals surface area contributed by atoms with Crippen LogP contribution in [0, 0.1) is 41.5 Å². The molecule has 666 valence electrons. The van der Waals surface area contributed by atoms with Crippen LogP contribution in [-0.4, -0.2) is 0 Å². The van der Waals surface area contributed by atoms with Crippen molar-refractivity contribution in [3.63, 3.8) is 0 Å². The molecule has 0 aliphatic carbocycles. The first-order chi connectivity index (χ1) is 69.9. The zero-order valence-electron chi connectivity index (χ0n) is 80.2.